The summed E-state index contributed by atoms with van der Waals surface area (Å²) >= 11 is 0. The van der Waals surface area contributed by atoms with E-state index in [9.17, 15) is 14.7 Å². The Morgan fingerprint density at radius 3 is 2.28 bits per heavy atom. The molecule has 1 amide bonds. The molecule has 3 rings (SSSR count). The number of carboxylic acid groups (broad SMARTS) is 1. The quantitative estimate of drug-likeness (QED) is 0.912. The normalized spacial score (nSPS) is 20.6. The number of aliphatic carboxylic acids is 1. The van der Waals surface area contributed by atoms with E-state index in [0.717, 1.165) is 55.5 Å². The Morgan fingerprint density at radius 1 is 1.08 bits per heavy atom. The summed E-state index contributed by atoms with van der Waals surface area (Å²) in [6.07, 6.45) is 3.73. The van der Waals surface area contributed by atoms with Crippen molar-refractivity contribution in [1.82, 2.24) is 9.80 Å². The first-order valence-electron chi connectivity index (χ1n) is 9.30. The molecule has 2 saturated heterocycles. The summed E-state index contributed by atoms with van der Waals surface area (Å²) in [5.74, 6) is -0.477. The lowest BCUT2D eigenvalue weighted by Crippen LogP contribution is -2.44. The van der Waals surface area contributed by atoms with Crippen molar-refractivity contribution in [3.63, 3.8) is 0 Å². The molecule has 25 heavy (non-hydrogen) atoms. The summed E-state index contributed by atoms with van der Waals surface area (Å²) in [5.41, 5.74) is 3.02. The number of hydrogen-bond acceptors (Lipinski definition) is 3. The van der Waals surface area contributed by atoms with Crippen molar-refractivity contribution in [2.45, 2.75) is 45.6 Å². The number of rotatable bonds is 4. The highest BCUT2D eigenvalue weighted by Crippen LogP contribution is 2.30. The molecule has 1 N–H and O–H groups in total. The van der Waals surface area contributed by atoms with Gasteiger partial charge in [-0.05, 0) is 50.7 Å². The summed E-state index contributed by atoms with van der Waals surface area (Å²) in [6.45, 7) is 7.09. The Kier molecular flexibility index (Phi) is 5.42. The molecule has 136 valence electrons. The van der Waals surface area contributed by atoms with Crippen molar-refractivity contribution in [3.8, 4) is 0 Å². The molecule has 0 saturated carbocycles. The summed E-state index contributed by atoms with van der Waals surface area (Å²) in [6, 6.07) is 5.32. The Bertz CT molecular complexity index is 644. The third kappa shape index (κ3) is 3.87. The van der Waals surface area contributed by atoms with E-state index in [1.54, 1.807) is 0 Å². The second-order valence-corrected chi connectivity index (χ2v) is 7.44. The van der Waals surface area contributed by atoms with E-state index in [4.69, 9.17) is 0 Å². The maximum atomic E-state index is 12.6. The van der Waals surface area contributed by atoms with Crippen LogP contribution in [0.25, 0.3) is 0 Å². The van der Waals surface area contributed by atoms with Gasteiger partial charge in [0.1, 0.15) is 6.04 Å². The molecule has 0 aliphatic carbocycles. The van der Waals surface area contributed by atoms with Crippen LogP contribution in [0.4, 0.5) is 0 Å². The summed E-state index contributed by atoms with van der Waals surface area (Å²) in [4.78, 5) is 28.5. The monoisotopic (exact) mass is 344 g/mol. The highest BCUT2D eigenvalue weighted by atomic mass is 16.4. The minimum absolute atomic E-state index is 0.0582. The number of carbonyl (C=O) groups is 2. The lowest BCUT2D eigenvalue weighted by atomic mass is 9.91. The molecule has 5 nitrogen and oxygen atoms in total. The van der Waals surface area contributed by atoms with E-state index in [2.05, 4.69) is 0 Å². The van der Waals surface area contributed by atoms with Gasteiger partial charge >= 0.3 is 5.97 Å². The smallest absolute Gasteiger partial charge is 0.325 e. The van der Waals surface area contributed by atoms with Crippen LogP contribution in [0.2, 0.25) is 0 Å². The third-order valence-corrected chi connectivity index (χ3v) is 5.62. The zero-order valence-electron chi connectivity index (χ0n) is 15.2. The molecule has 1 aromatic carbocycles. The van der Waals surface area contributed by atoms with E-state index >= 15 is 0 Å². The van der Waals surface area contributed by atoms with Crippen LogP contribution < -0.4 is 0 Å². The second-order valence-electron chi connectivity index (χ2n) is 7.44. The number of likely N-dealkylation sites (tertiary alicyclic amines) is 2. The number of carboxylic acids is 1. The van der Waals surface area contributed by atoms with Gasteiger partial charge in [-0.3, -0.25) is 14.5 Å². The van der Waals surface area contributed by atoms with Gasteiger partial charge in [-0.15, -0.1) is 0 Å². The van der Waals surface area contributed by atoms with Gasteiger partial charge in [0.15, 0.2) is 0 Å². The van der Waals surface area contributed by atoms with Crippen molar-refractivity contribution in [1.29, 1.82) is 0 Å². The van der Waals surface area contributed by atoms with Crippen molar-refractivity contribution in [2.75, 3.05) is 26.2 Å². The van der Waals surface area contributed by atoms with Crippen molar-refractivity contribution in [2.24, 2.45) is 5.92 Å². The summed E-state index contributed by atoms with van der Waals surface area (Å²) in [7, 11) is 0. The summed E-state index contributed by atoms with van der Waals surface area (Å²) in [5, 5.41) is 9.80. The molecule has 0 unspecified atom stereocenters. The Morgan fingerprint density at radius 2 is 1.72 bits per heavy atom. The molecule has 2 heterocycles. The molecule has 0 radical (unpaired) electrons. The molecule has 2 aliphatic rings. The average Bonchev–Trinajstić information content (AvgIpc) is 3.11. The van der Waals surface area contributed by atoms with Gasteiger partial charge in [-0.25, -0.2) is 0 Å². The van der Waals surface area contributed by atoms with E-state index in [1.165, 1.54) is 0 Å². The Hall–Kier alpha value is -1.88. The molecule has 1 atom stereocenters. The number of hydrogen-bond donors (Lipinski definition) is 1. The minimum Gasteiger partial charge on any atom is -0.480 e. The molecule has 0 aromatic heterocycles. The lowest BCUT2D eigenvalue weighted by Gasteiger charge is -2.36. The summed E-state index contributed by atoms with van der Waals surface area (Å²) < 4.78 is 0. The lowest BCUT2D eigenvalue weighted by molar-refractivity contribution is -0.145. The highest BCUT2D eigenvalue weighted by molar-refractivity contribution is 5.79. The molecule has 2 fully saturated rings. The first kappa shape index (κ1) is 17.9. The maximum Gasteiger partial charge on any atom is 0.325 e. The zero-order valence-corrected chi connectivity index (χ0v) is 15.2. The third-order valence-electron chi connectivity index (χ3n) is 5.62. The van der Waals surface area contributed by atoms with Crippen LogP contribution in [-0.2, 0) is 9.59 Å². The topological polar surface area (TPSA) is 60.9 Å². The number of amides is 1. The van der Waals surface area contributed by atoms with Crippen LogP contribution in [0.5, 0.6) is 0 Å². The van der Waals surface area contributed by atoms with Crippen LogP contribution in [0, 0.1) is 19.8 Å². The molecular weight excluding hydrogens is 316 g/mol. The Labute approximate surface area is 149 Å². The van der Waals surface area contributed by atoms with E-state index < -0.39 is 12.0 Å². The molecule has 0 bridgehead atoms. The number of nitrogens with zero attached hydrogens (tertiary/aromatic N) is 2. The Balaban J connectivity index is 1.68. The molecule has 1 aromatic rings. The van der Waals surface area contributed by atoms with Gasteiger partial charge in [-0.1, -0.05) is 23.8 Å². The number of piperidine rings is 1. The van der Waals surface area contributed by atoms with Crippen LogP contribution in [-0.4, -0.2) is 53.0 Å². The van der Waals surface area contributed by atoms with Gasteiger partial charge < -0.3 is 10.0 Å². The molecule has 2 aliphatic heterocycles. The van der Waals surface area contributed by atoms with E-state index in [1.807, 2.05) is 41.8 Å². The molecule has 0 spiro atoms. The minimum atomic E-state index is -0.809. The number of benzene rings is 1. The van der Waals surface area contributed by atoms with Crippen LogP contribution in [0.15, 0.2) is 18.2 Å². The van der Waals surface area contributed by atoms with Crippen molar-refractivity contribution in [3.05, 3.63) is 34.9 Å². The maximum absolute atomic E-state index is 12.6. The predicted molar refractivity (Wildman–Crippen MR) is 96.4 cm³/mol. The largest absolute Gasteiger partial charge is 0.480 e. The van der Waals surface area contributed by atoms with Gasteiger partial charge in [0, 0.05) is 32.1 Å². The standard InChI is InChI=1S/C20H28N2O3/c1-14-5-6-17(15(2)13-14)18(20(24)25)21-11-7-16(8-12-21)19(23)22-9-3-4-10-22/h5-6,13,16,18H,3-4,7-12H2,1-2H3,(H,24,25)/t18-/m1/s1. The zero-order chi connectivity index (χ0) is 18.0. The van der Waals surface area contributed by atoms with Gasteiger partial charge in [0.25, 0.3) is 0 Å². The fraction of sp³-hybridized carbons (Fsp3) is 0.600. The van der Waals surface area contributed by atoms with Crippen LogP contribution in [0.1, 0.15) is 48.4 Å². The van der Waals surface area contributed by atoms with Crippen LogP contribution in [0.3, 0.4) is 0 Å². The van der Waals surface area contributed by atoms with Gasteiger partial charge in [-0.2, -0.15) is 0 Å². The first-order chi connectivity index (χ1) is 12.0. The molecular formula is C20H28N2O3. The first-order valence-corrected chi connectivity index (χ1v) is 9.30. The fourth-order valence-electron chi connectivity index (χ4n) is 4.22. The predicted octanol–water partition coefficient (Wildman–Crippen LogP) is 2.76. The number of carbonyl (C=O) groups excluding carboxylic acids is 1. The SMILES string of the molecule is Cc1ccc([C@H](C(=O)O)N2CCC(C(=O)N3CCCC3)CC2)c(C)c1. The fourth-order valence-corrected chi connectivity index (χ4v) is 4.22. The van der Waals surface area contributed by atoms with E-state index in [-0.39, 0.29) is 11.8 Å². The second kappa shape index (κ2) is 7.56. The van der Waals surface area contributed by atoms with Crippen LogP contribution >= 0.6 is 0 Å². The van der Waals surface area contributed by atoms with Gasteiger partial charge in [0.05, 0.1) is 0 Å². The van der Waals surface area contributed by atoms with E-state index in [0.29, 0.717) is 13.1 Å². The highest BCUT2D eigenvalue weighted by Gasteiger charge is 2.35. The number of aryl methyl sites for hydroxylation is 2. The van der Waals surface area contributed by atoms with Gasteiger partial charge in [0.2, 0.25) is 5.91 Å². The van der Waals surface area contributed by atoms with Crippen molar-refractivity contribution >= 4 is 11.9 Å². The molecule has 5 heteroatoms. The average molecular weight is 344 g/mol. The van der Waals surface area contributed by atoms with Crippen molar-refractivity contribution < 1.29 is 14.7 Å².